The van der Waals surface area contributed by atoms with Crippen LogP contribution in [0.2, 0.25) is 0 Å². The van der Waals surface area contributed by atoms with Crippen molar-refractivity contribution in [2.45, 2.75) is 18.9 Å². The first-order valence-corrected chi connectivity index (χ1v) is 5.40. The first-order chi connectivity index (χ1) is 7.75. The number of H-pyrrole nitrogens is 1. The molecular formula is C11H14N4O. The van der Waals surface area contributed by atoms with Gasteiger partial charge in [-0.3, -0.25) is 0 Å². The van der Waals surface area contributed by atoms with Crippen molar-refractivity contribution in [2.75, 3.05) is 13.2 Å². The normalized spacial score (nSPS) is 25.4. The van der Waals surface area contributed by atoms with Crippen LogP contribution in [0.15, 0.2) is 12.3 Å². The van der Waals surface area contributed by atoms with Crippen molar-refractivity contribution < 1.29 is 4.74 Å². The molecule has 3 N–H and O–H groups in total. The predicted octanol–water partition coefficient (Wildman–Crippen LogP) is 0.707. The van der Waals surface area contributed by atoms with E-state index in [2.05, 4.69) is 15.0 Å². The number of nitrogens with one attached hydrogen (secondary N) is 1. The van der Waals surface area contributed by atoms with Crippen LogP contribution in [0.1, 0.15) is 17.3 Å². The number of ether oxygens (including phenoxy) is 1. The summed E-state index contributed by atoms with van der Waals surface area (Å²) in [5.41, 5.74) is 8.87. The second-order valence-corrected chi connectivity index (χ2v) is 4.26. The van der Waals surface area contributed by atoms with Crippen molar-refractivity contribution in [3.63, 3.8) is 0 Å². The number of aromatic amines is 1. The van der Waals surface area contributed by atoms with Crippen LogP contribution >= 0.6 is 0 Å². The highest BCUT2D eigenvalue weighted by Crippen LogP contribution is 2.24. The molecule has 1 saturated heterocycles. The fourth-order valence-electron chi connectivity index (χ4n) is 2.08. The Labute approximate surface area is 93.0 Å². The number of aryl methyl sites for hydroxylation is 1. The van der Waals surface area contributed by atoms with Gasteiger partial charge in [-0.1, -0.05) is 0 Å². The van der Waals surface area contributed by atoms with E-state index in [0.717, 1.165) is 22.6 Å². The van der Waals surface area contributed by atoms with E-state index in [-0.39, 0.29) is 12.0 Å². The van der Waals surface area contributed by atoms with Crippen LogP contribution in [-0.2, 0) is 4.74 Å². The smallest absolute Gasteiger partial charge is 0.177 e. The predicted molar refractivity (Wildman–Crippen MR) is 60.2 cm³/mol. The molecule has 1 aliphatic heterocycles. The van der Waals surface area contributed by atoms with Gasteiger partial charge >= 0.3 is 0 Å². The lowest BCUT2D eigenvalue weighted by molar-refractivity contribution is 0.190. The molecule has 0 saturated carbocycles. The maximum atomic E-state index is 5.97. The van der Waals surface area contributed by atoms with E-state index in [1.807, 2.05) is 13.0 Å². The van der Waals surface area contributed by atoms with Crippen molar-refractivity contribution in [3.8, 4) is 0 Å². The van der Waals surface area contributed by atoms with E-state index in [1.165, 1.54) is 0 Å². The van der Waals surface area contributed by atoms with Gasteiger partial charge in [0.2, 0.25) is 0 Å². The number of nitrogens with two attached hydrogens (primary N) is 1. The molecule has 1 fully saturated rings. The minimum atomic E-state index is 0.0286. The van der Waals surface area contributed by atoms with Gasteiger partial charge in [-0.2, -0.15) is 0 Å². The molecule has 2 atom stereocenters. The molecule has 16 heavy (non-hydrogen) atoms. The fraction of sp³-hybridized carbons (Fsp3) is 0.455. The molecular weight excluding hydrogens is 204 g/mol. The van der Waals surface area contributed by atoms with Gasteiger partial charge in [0.05, 0.1) is 24.6 Å². The molecule has 5 nitrogen and oxygen atoms in total. The molecule has 0 aliphatic carbocycles. The zero-order valence-corrected chi connectivity index (χ0v) is 9.10. The van der Waals surface area contributed by atoms with Crippen LogP contribution in [0.25, 0.3) is 11.2 Å². The molecule has 2 unspecified atom stereocenters. The molecule has 0 aromatic carbocycles. The molecule has 3 heterocycles. The molecule has 84 valence electrons. The highest BCUT2D eigenvalue weighted by molar-refractivity contribution is 5.74. The minimum absolute atomic E-state index is 0.0286. The van der Waals surface area contributed by atoms with Crippen molar-refractivity contribution in [3.05, 3.63) is 23.7 Å². The average Bonchev–Trinajstić information content (AvgIpc) is 2.84. The topological polar surface area (TPSA) is 76.8 Å². The van der Waals surface area contributed by atoms with Gasteiger partial charge in [-0.25, -0.2) is 9.97 Å². The number of imidazole rings is 1. The summed E-state index contributed by atoms with van der Waals surface area (Å²) in [7, 11) is 0. The van der Waals surface area contributed by atoms with E-state index >= 15 is 0 Å². The summed E-state index contributed by atoms with van der Waals surface area (Å²) in [6.45, 7) is 3.28. The van der Waals surface area contributed by atoms with Gasteiger partial charge < -0.3 is 15.5 Å². The van der Waals surface area contributed by atoms with E-state index < -0.39 is 0 Å². The number of pyridine rings is 1. The summed E-state index contributed by atoms with van der Waals surface area (Å²) < 4.78 is 5.34. The summed E-state index contributed by atoms with van der Waals surface area (Å²) in [5.74, 6) is 1.05. The van der Waals surface area contributed by atoms with E-state index in [9.17, 15) is 0 Å². The maximum Gasteiger partial charge on any atom is 0.177 e. The zero-order chi connectivity index (χ0) is 11.1. The Morgan fingerprint density at radius 2 is 2.38 bits per heavy atom. The minimum Gasteiger partial charge on any atom is -0.379 e. The summed E-state index contributed by atoms with van der Waals surface area (Å²) in [6, 6.07) is 2.00. The maximum absolute atomic E-state index is 5.97. The monoisotopic (exact) mass is 218 g/mol. The third-order valence-electron chi connectivity index (χ3n) is 3.09. The van der Waals surface area contributed by atoms with Gasteiger partial charge in [0.1, 0.15) is 5.82 Å². The number of hydrogen-bond acceptors (Lipinski definition) is 4. The Hall–Kier alpha value is -1.46. The number of nitrogens with zero attached hydrogens (tertiary/aromatic N) is 2. The largest absolute Gasteiger partial charge is 0.379 e. The fourth-order valence-corrected chi connectivity index (χ4v) is 2.08. The van der Waals surface area contributed by atoms with Crippen molar-refractivity contribution >= 4 is 11.2 Å². The summed E-state index contributed by atoms with van der Waals surface area (Å²) in [4.78, 5) is 12.0. The molecule has 0 bridgehead atoms. The van der Waals surface area contributed by atoms with Gasteiger partial charge in [0.15, 0.2) is 5.65 Å². The highest BCUT2D eigenvalue weighted by atomic mass is 16.5. The standard InChI is InChI=1S/C11H14N4O/c1-6-2-3-13-11-9(6)14-10(15-11)7-4-16-5-8(7)12/h2-3,7-8H,4-5,12H2,1H3,(H,13,14,15). The van der Waals surface area contributed by atoms with Crippen LogP contribution < -0.4 is 5.73 Å². The van der Waals surface area contributed by atoms with Crippen LogP contribution in [0.3, 0.4) is 0 Å². The summed E-state index contributed by atoms with van der Waals surface area (Å²) in [5, 5.41) is 0. The Morgan fingerprint density at radius 3 is 3.06 bits per heavy atom. The molecule has 0 radical (unpaired) electrons. The Balaban J connectivity index is 2.08. The second kappa shape index (κ2) is 3.54. The van der Waals surface area contributed by atoms with E-state index in [4.69, 9.17) is 10.5 Å². The second-order valence-electron chi connectivity index (χ2n) is 4.26. The number of hydrogen-bond donors (Lipinski definition) is 2. The third-order valence-corrected chi connectivity index (χ3v) is 3.09. The lowest BCUT2D eigenvalue weighted by atomic mass is 10.0. The summed E-state index contributed by atoms with van der Waals surface area (Å²) in [6.07, 6.45) is 1.77. The Bertz CT molecular complexity index is 522. The van der Waals surface area contributed by atoms with Crippen LogP contribution in [0.5, 0.6) is 0 Å². The first-order valence-electron chi connectivity index (χ1n) is 5.40. The SMILES string of the molecule is Cc1ccnc2nc(C3COCC3N)[nH]c12. The van der Waals surface area contributed by atoms with Crippen molar-refractivity contribution in [2.24, 2.45) is 5.73 Å². The quantitative estimate of drug-likeness (QED) is 0.739. The Kier molecular flexibility index (Phi) is 2.15. The van der Waals surface area contributed by atoms with Crippen molar-refractivity contribution in [1.29, 1.82) is 0 Å². The van der Waals surface area contributed by atoms with Crippen LogP contribution in [0.4, 0.5) is 0 Å². The third kappa shape index (κ3) is 1.40. The molecule has 2 aromatic rings. The highest BCUT2D eigenvalue weighted by Gasteiger charge is 2.29. The number of fused-ring (bicyclic) bond motifs is 1. The molecule has 3 rings (SSSR count). The number of aromatic nitrogens is 3. The van der Waals surface area contributed by atoms with E-state index in [1.54, 1.807) is 6.20 Å². The average molecular weight is 218 g/mol. The van der Waals surface area contributed by atoms with E-state index in [0.29, 0.717) is 13.2 Å². The van der Waals surface area contributed by atoms with Crippen LogP contribution in [0, 0.1) is 6.92 Å². The lowest BCUT2D eigenvalue weighted by Crippen LogP contribution is -2.27. The molecule has 5 heteroatoms. The van der Waals surface area contributed by atoms with Gasteiger partial charge in [-0.05, 0) is 18.6 Å². The Morgan fingerprint density at radius 1 is 1.50 bits per heavy atom. The van der Waals surface area contributed by atoms with Gasteiger partial charge in [-0.15, -0.1) is 0 Å². The summed E-state index contributed by atoms with van der Waals surface area (Å²) >= 11 is 0. The van der Waals surface area contributed by atoms with Gasteiger partial charge in [0, 0.05) is 12.2 Å². The molecule has 0 amide bonds. The number of rotatable bonds is 1. The van der Waals surface area contributed by atoms with Crippen LogP contribution in [-0.4, -0.2) is 34.2 Å². The zero-order valence-electron chi connectivity index (χ0n) is 9.10. The van der Waals surface area contributed by atoms with Gasteiger partial charge in [0.25, 0.3) is 0 Å². The lowest BCUT2D eigenvalue weighted by Gasteiger charge is -2.08. The first kappa shape index (κ1) is 9.74. The molecule has 0 spiro atoms. The van der Waals surface area contributed by atoms with Crippen molar-refractivity contribution in [1.82, 2.24) is 15.0 Å². The molecule has 2 aromatic heterocycles. The molecule has 1 aliphatic rings.